The number of rotatable bonds is 5. The van der Waals surface area contributed by atoms with Crippen LogP contribution in [0.25, 0.3) is 5.69 Å². The lowest BCUT2D eigenvalue weighted by Gasteiger charge is -2.36. The van der Waals surface area contributed by atoms with E-state index >= 15 is 0 Å². The number of hydrogen-bond acceptors (Lipinski definition) is 6. The normalized spacial score (nSPS) is 14.3. The predicted molar refractivity (Wildman–Crippen MR) is 109 cm³/mol. The molecule has 1 aliphatic heterocycles. The fourth-order valence-electron chi connectivity index (χ4n) is 3.17. The zero-order chi connectivity index (χ0) is 19.3. The minimum Gasteiger partial charge on any atom is -0.508 e. The van der Waals surface area contributed by atoms with E-state index in [1.54, 1.807) is 28.9 Å². The first kappa shape index (κ1) is 18.4. The number of aromatic nitrogens is 3. The van der Waals surface area contributed by atoms with Crippen molar-refractivity contribution < 1.29 is 9.90 Å². The zero-order valence-corrected chi connectivity index (χ0v) is 16.1. The van der Waals surface area contributed by atoms with Crippen molar-refractivity contribution >= 4 is 23.4 Å². The van der Waals surface area contributed by atoms with Gasteiger partial charge in [-0.1, -0.05) is 30.0 Å². The molecule has 1 aliphatic rings. The van der Waals surface area contributed by atoms with Crippen LogP contribution >= 0.6 is 11.8 Å². The van der Waals surface area contributed by atoms with Crippen LogP contribution < -0.4 is 4.90 Å². The van der Waals surface area contributed by atoms with Gasteiger partial charge in [-0.25, -0.2) is 9.67 Å². The van der Waals surface area contributed by atoms with Crippen molar-refractivity contribution in [3.63, 3.8) is 0 Å². The number of benzene rings is 2. The van der Waals surface area contributed by atoms with Gasteiger partial charge in [0, 0.05) is 31.9 Å². The van der Waals surface area contributed by atoms with E-state index in [-0.39, 0.29) is 11.7 Å². The Bertz CT molecular complexity index is 921. The predicted octanol–water partition coefficient (Wildman–Crippen LogP) is 2.41. The molecule has 0 aliphatic carbocycles. The lowest BCUT2D eigenvalue weighted by molar-refractivity contribution is -0.128. The van der Waals surface area contributed by atoms with Gasteiger partial charge in [-0.15, -0.1) is 0 Å². The number of hydrogen-bond donors (Lipinski definition) is 1. The molecule has 0 saturated carbocycles. The summed E-state index contributed by atoms with van der Waals surface area (Å²) in [7, 11) is 0. The van der Waals surface area contributed by atoms with Gasteiger partial charge in [-0.05, 0) is 36.4 Å². The number of carbonyl (C=O) groups excluding carboxylic acids is 1. The van der Waals surface area contributed by atoms with Crippen LogP contribution in [0.15, 0.2) is 66.1 Å². The summed E-state index contributed by atoms with van der Waals surface area (Å²) in [6, 6.07) is 17.0. The average molecular weight is 395 g/mol. The second-order valence-electron chi connectivity index (χ2n) is 6.46. The maximum Gasteiger partial charge on any atom is 0.233 e. The molecule has 2 aromatic carbocycles. The number of para-hydroxylation sites is 1. The van der Waals surface area contributed by atoms with Gasteiger partial charge in [-0.3, -0.25) is 4.79 Å². The Hall–Kier alpha value is -3.00. The third-order valence-corrected chi connectivity index (χ3v) is 5.62. The molecule has 0 radical (unpaired) electrons. The van der Waals surface area contributed by atoms with Gasteiger partial charge >= 0.3 is 0 Å². The van der Waals surface area contributed by atoms with E-state index in [9.17, 15) is 9.90 Å². The fraction of sp³-hybridized carbons (Fsp3) is 0.250. The highest BCUT2D eigenvalue weighted by atomic mass is 32.2. The molecule has 1 amide bonds. The van der Waals surface area contributed by atoms with Crippen molar-refractivity contribution in [1.82, 2.24) is 19.7 Å². The number of thioether (sulfide) groups is 1. The van der Waals surface area contributed by atoms with Crippen LogP contribution in [0, 0.1) is 0 Å². The van der Waals surface area contributed by atoms with E-state index < -0.39 is 0 Å². The van der Waals surface area contributed by atoms with Crippen molar-refractivity contribution in [2.24, 2.45) is 0 Å². The van der Waals surface area contributed by atoms with E-state index in [1.165, 1.54) is 23.8 Å². The molecular weight excluding hydrogens is 374 g/mol. The lowest BCUT2D eigenvalue weighted by atomic mass is 10.2. The quantitative estimate of drug-likeness (QED) is 0.669. The molecule has 1 saturated heterocycles. The van der Waals surface area contributed by atoms with Crippen molar-refractivity contribution in [2.75, 3.05) is 36.8 Å². The van der Waals surface area contributed by atoms with Crippen LogP contribution in [0.3, 0.4) is 0 Å². The number of piperazine rings is 1. The average Bonchev–Trinajstić information content (AvgIpc) is 3.22. The Labute approximate surface area is 167 Å². The van der Waals surface area contributed by atoms with Gasteiger partial charge in [-0.2, -0.15) is 5.10 Å². The van der Waals surface area contributed by atoms with E-state index in [0.717, 1.165) is 31.9 Å². The summed E-state index contributed by atoms with van der Waals surface area (Å²) in [6.45, 7) is 3.12. The molecule has 1 aromatic heterocycles. The number of phenols is 1. The summed E-state index contributed by atoms with van der Waals surface area (Å²) in [5.41, 5.74) is 1.99. The van der Waals surface area contributed by atoms with E-state index in [4.69, 9.17) is 0 Å². The van der Waals surface area contributed by atoms with E-state index in [0.29, 0.717) is 10.9 Å². The number of carbonyl (C=O) groups is 1. The summed E-state index contributed by atoms with van der Waals surface area (Å²) in [5.74, 6) is 0.628. The van der Waals surface area contributed by atoms with Crippen LogP contribution in [0.2, 0.25) is 0 Å². The first-order valence-electron chi connectivity index (χ1n) is 9.11. The Morgan fingerprint density at radius 3 is 2.39 bits per heavy atom. The molecule has 1 fully saturated rings. The second-order valence-corrected chi connectivity index (χ2v) is 7.41. The highest BCUT2D eigenvalue weighted by Crippen LogP contribution is 2.21. The van der Waals surface area contributed by atoms with Crippen LogP contribution in [-0.2, 0) is 4.79 Å². The molecule has 1 N–H and O–H groups in total. The van der Waals surface area contributed by atoms with Crippen molar-refractivity contribution in [1.29, 1.82) is 0 Å². The van der Waals surface area contributed by atoms with Gasteiger partial charge in [0.1, 0.15) is 12.1 Å². The van der Waals surface area contributed by atoms with Crippen LogP contribution in [-0.4, -0.2) is 62.6 Å². The summed E-state index contributed by atoms with van der Waals surface area (Å²) in [6.07, 6.45) is 1.47. The molecule has 144 valence electrons. The fourth-order valence-corrected chi connectivity index (χ4v) is 4.00. The van der Waals surface area contributed by atoms with Gasteiger partial charge in [0.15, 0.2) is 5.16 Å². The molecule has 0 unspecified atom stereocenters. The molecule has 0 spiro atoms. The van der Waals surface area contributed by atoms with Gasteiger partial charge in [0.25, 0.3) is 0 Å². The van der Waals surface area contributed by atoms with Crippen molar-refractivity contribution in [3.8, 4) is 11.4 Å². The Balaban J connectivity index is 1.32. The maximum absolute atomic E-state index is 12.6. The Morgan fingerprint density at radius 2 is 1.68 bits per heavy atom. The summed E-state index contributed by atoms with van der Waals surface area (Å²) >= 11 is 1.37. The third kappa shape index (κ3) is 4.12. The topological polar surface area (TPSA) is 74.5 Å². The zero-order valence-electron chi connectivity index (χ0n) is 15.3. The largest absolute Gasteiger partial charge is 0.508 e. The minimum absolute atomic E-state index is 0.109. The molecule has 0 atom stereocenters. The number of phenolic OH excluding ortho intramolecular Hbond substituents is 1. The maximum atomic E-state index is 12.6. The highest BCUT2D eigenvalue weighted by Gasteiger charge is 2.22. The highest BCUT2D eigenvalue weighted by molar-refractivity contribution is 7.99. The molecule has 2 heterocycles. The summed E-state index contributed by atoms with van der Waals surface area (Å²) < 4.78 is 1.67. The Morgan fingerprint density at radius 1 is 0.964 bits per heavy atom. The standard InChI is InChI=1S/C20H21N5O2S/c26-18-8-6-17(7-9-18)25-20(21-15-22-25)28-14-19(27)24-12-10-23(11-13-24)16-4-2-1-3-5-16/h1-9,15,26H,10-14H2. The van der Waals surface area contributed by atoms with E-state index in [2.05, 4.69) is 27.1 Å². The smallest absolute Gasteiger partial charge is 0.233 e. The van der Waals surface area contributed by atoms with Crippen molar-refractivity contribution in [3.05, 3.63) is 60.9 Å². The first-order valence-corrected chi connectivity index (χ1v) is 10.1. The molecule has 28 heavy (non-hydrogen) atoms. The molecule has 0 bridgehead atoms. The van der Waals surface area contributed by atoms with Gasteiger partial charge in [0.05, 0.1) is 11.4 Å². The van der Waals surface area contributed by atoms with Crippen LogP contribution in [0.1, 0.15) is 0 Å². The van der Waals surface area contributed by atoms with E-state index in [1.807, 2.05) is 23.1 Å². The third-order valence-electron chi connectivity index (χ3n) is 4.69. The summed E-state index contributed by atoms with van der Waals surface area (Å²) in [5, 5.41) is 14.3. The summed E-state index contributed by atoms with van der Waals surface area (Å²) in [4.78, 5) is 21.1. The number of nitrogens with zero attached hydrogens (tertiary/aromatic N) is 5. The second kappa shape index (κ2) is 8.35. The number of anilines is 1. The monoisotopic (exact) mass is 395 g/mol. The number of aromatic hydroxyl groups is 1. The molecule has 8 heteroatoms. The lowest BCUT2D eigenvalue weighted by Crippen LogP contribution is -2.49. The molecule has 3 aromatic rings. The van der Waals surface area contributed by atoms with Crippen LogP contribution in [0.5, 0.6) is 5.75 Å². The SMILES string of the molecule is O=C(CSc1ncnn1-c1ccc(O)cc1)N1CCN(c2ccccc2)CC1. The molecular formula is C20H21N5O2S. The molecule has 7 nitrogen and oxygen atoms in total. The minimum atomic E-state index is 0.109. The van der Waals surface area contributed by atoms with Crippen LogP contribution in [0.4, 0.5) is 5.69 Å². The number of amides is 1. The van der Waals surface area contributed by atoms with Gasteiger partial charge < -0.3 is 14.9 Å². The van der Waals surface area contributed by atoms with Crippen molar-refractivity contribution in [2.45, 2.75) is 5.16 Å². The molecule has 4 rings (SSSR count). The first-order chi connectivity index (χ1) is 13.7. The Kier molecular flexibility index (Phi) is 5.48. The van der Waals surface area contributed by atoms with Gasteiger partial charge in [0.2, 0.25) is 5.91 Å².